The van der Waals surface area contributed by atoms with E-state index in [1.165, 1.54) is 24.7 Å². The molecule has 5 heteroatoms. The maximum atomic E-state index is 12.4. The molecule has 0 saturated carbocycles. The Bertz CT molecular complexity index is 512. The third-order valence-corrected chi connectivity index (χ3v) is 1.80. The maximum absolute atomic E-state index is 12.4. The largest absolute Gasteiger partial charge is 0.471 e. The fourth-order valence-electron chi connectivity index (χ4n) is 1.15. The Labute approximate surface area is 82.6 Å². The summed E-state index contributed by atoms with van der Waals surface area (Å²) in [5.41, 5.74) is 0. The molecule has 0 aliphatic rings. The van der Waals surface area contributed by atoms with E-state index in [-0.39, 0.29) is 5.75 Å². The van der Waals surface area contributed by atoms with E-state index in [0.29, 0.717) is 5.39 Å². The highest BCUT2D eigenvalue weighted by molar-refractivity contribution is 5.82. The smallest absolute Gasteiger partial charge is 0.344 e. The van der Waals surface area contributed by atoms with Crippen molar-refractivity contribution < 1.29 is 22.3 Å². The first kappa shape index (κ1) is 9.64. The molecule has 0 radical (unpaired) electrons. The molecular formula is C10H5F3O2. The number of hydrogen-bond donors (Lipinski definition) is 0. The highest BCUT2D eigenvalue weighted by Gasteiger charge is 2.08. The Hall–Kier alpha value is -1.91. The van der Waals surface area contributed by atoms with Crippen LogP contribution in [0.2, 0.25) is 0 Å². The minimum atomic E-state index is -2.48. The molecule has 15 heavy (non-hydrogen) atoms. The second-order valence-electron chi connectivity index (χ2n) is 2.80. The van der Waals surface area contributed by atoms with Crippen molar-refractivity contribution in [2.24, 2.45) is 0 Å². The first-order valence-electron chi connectivity index (χ1n) is 4.01. The summed E-state index contributed by atoms with van der Waals surface area (Å²) in [5, 5.41) is 1.44. The summed E-state index contributed by atoms with van der Waals surface area (Å²) in [4.78, 5) is 0. The highest BCUT2D eigenvalue weighted by Crippen LogP contribution is 2.24. The Morgan fingerprint density at radius 2 is 1.80 bits per heavy atom. The van der Waals surface area contributed by atoms with Crippen LogP contribution in [0.5, 0.6) is 5.75 Å². The molecule has 2 rings (SSSR count). The van der Waals surface area contributed by atoms with Gasteiger partial charge in [-0.3, -0.25) is 0 Å². The maximum Gasteiger partial charge on any atom is 0.344 e. The summed E-state index contributed by atoms with van der Waals surface area (Å²) in [6, 6.07) is 2.47. The lowest BCUT2D eigenvalue weighted by molar-refractivity contribution is 0.241. The normalized spacial score (nSPS) is 10.3. The molecule has 2 aromatic rings. The number of benzene rings is 1. The van der Waals surface area contributed by atoms with Crippen molar-refractivity contribution in [3.05, 3.63) is 42.8 Å². The molecule has 1 aromatic heterocycles. The quantitative estimate of drug-likeness (QED) is 0.708. The zero-order valence-electron chi connectivity index (χ0n) is 7.34. The summed E-state index contributed by atoms with van der Waals surface area (Å²) in [6.07, 6.45) is 0.415. The molecule has 1 aromatic carbocycles. The van der Waals surface area contributed by atoms with Crippen LogP contribution >= 0.6 is 0 Å². The molecule has 0 bridgehead atoms. The lowest BCUT2D eigenvalue weighted by Crippen LogP contribution is -1.89. The predicted octanol–water partition coefficient (Wildman–Crippen LogP) is 3.85. The molecule has 0 spiro atoms. The average Bonchev–Trinajstić information content (AvgIpc) is 2.64. The van der Waals surface area contributed by atoms with Gasteiger partial charge < -0.3 is 9.15 Å². The van der Waals surface area contributed by atoms with Gasteiger partial charge in [0.05, 0.1) is 12.5 Å². The Kier molecular flexibility index (Phi) is 2.37. The average molecular weight is 214 g/mol. The van der Waals surface area contributed by atoms with Gasteiger partial charge in [0.15, 0.2) is 0 Å². The summed E-state index contributed by atoms with van der Waals surface area (Å²) in [7, 11) is 0. The van der Waals surface area contributed by atoms with Gasteiger partial charge in [-0.25, -0.2) is 0 Å². The minimum absolute atomic E-state index is 0.00537. The van der Waals surface area contributed by atoms with Crippen molar-refractivity contribution in [2.75, 3.05) is 0 Å². The van der Waals surface area contributed by atoms with E-state index in [4.69, 9.17) is 4.42 Å². The molecule has 0 aliphatic heterocycles. The van der Waals surface area contributed by atoms with Crippen molar-refractivity contribution >= 4 is 10.8 Å². The van der Waals surface area contributed by atoms with E-state index in [2.05, 4.69) is 4.74 Å². The first-order chi connectivity index (χ1) is 7.16. The summed E-state index contributed by atoms with van der Waals surface area (Å²) >= 11 is 0. The lowest BCUT2D eigenvalue weighted by Gasteiger charge is -2.00. The SMILES string of the molecule is FC(F)=C(F)Oc1ccc2cocc2c1. The number of halogens is 3. The topological polar surface area (TPSA) is 22.4 Å². The molecular weight excluding hydrogens is 209 g/mol. The lowest BCUT2D eigenvalue weighted by atomic mass is 10.2. The Morgan fingerprint density at radius 1 is 1.07 bits per heavy atom. The van der Waals surface area contributed by atoms with Gasteiger partial charge in [-0.15, -0.1) is 0 Å². The molecule has 1 heterocycles. The number of furan rings is 1. The number of ether oxygens (including phenoxy) is 1. The Morgan fingerprint density at radius 3 is 2.53 bits per heavy atom. The van der Waals surface area contributed by atoms with Crippen molar-refractivity contribution in [3.63, 3.8) is 0 Å². The fraction of sp³-hybridized carbons (Fsp3) is 0. The summed E-state index contributed by atoms with van der Waals surface area (Å²) < 4.78 is 45.0. The van der Waals surface area contributed by atoms with Crippen molar-refractivity contribution in [3.8, 4) is 5.75 Å². The second-order valence-corrected chi connectivity index (χ2v) is 2.80. The first-order valence-corrected chi connectivity index (χ1v) is 4.01. The van der Waals surface area contributed by atoms with Gasteiger partial charge in [0.25, 0.3) is 0 Å². The molecule has 0 amide bonds. The van der Waals surface area contributed by atoms with E-state index in [9.17, 15) is 13.2 Å². The van der Waals surface area contributed by atoms with E-state index >= 15 is 0 Å². The fourth-order valence-corrected chi connectivity index (χ4v) is 1.15. The van der Waals surface area contributed by atoms with E-state index in [1.54, 1.807) is 6.07 Å². The standard InChI is InChI=1S/C10H5F3O2/c11-9(12)10(13)15-8-2-1-6-4-14-5-7(6)3-8/h1-5H. The van der Waals surface area contributed by atoms with Crippen LogP contribution in [0.3, 0.4) is 0 Å². The van der Waals surface area contributed by atoms with E-state index in [1.807, 2.05) is 0 Å². The van der Waals surface area contributed by atoms with Crippen molar-refractivity contribution in [1.29, 1.82) is 0 Å². The summed E-state index contributed by atoms with van der Waals surface area (Å²) in [5.74, 6) is -0.00537. The van der Waals surface area contributed by atoms with Gasteiger partial charge in [-0.2, -0.15) is 13.2 Å². The second kappa shape index (κ2) is 3.68. The Balaban J connectivity index is 2.33. The number of hydrogen-bond acceptors (Lipinski definition) is 2. The van der Waals surface area contributed by atoms with Gasteiger partial charge in [0, 0.05) is 10.8 Å². The van der Waals surface area contributed by atoms with E-state index in [0.717, 1.165) is 5.39 Å². The molecule has 0 N–H and O–H groups in total. The molecule has 2 nitrogen and oxygen atoms in total. The van der Waals surface area contributed by atoms with Crippen molar-refractivity contribution in [2.45, 2.75) is 0 Å². The molecule has 0 unspecified atom stereocenters. The van der Waals surface area contributed by atoms with Crippen LogP contribution in [0.1, 0.15) is 0 Å². The van der Waals surface area contributed by atoms with Crippen LogP contribution in [0.25, 0.3) is 10.8 Å². The minimum Gasteiger partial charge on any atom is -0.471 e. The molecule has 0 saturated heterocycles. The number of fused-ring (bicyclic) bond motifs is 1. The third kappa shape index (κ3) is 1.96. The highest BCUT2D eigenvalue weighted by atomic mass is 19.3. The molecule has 0 aliphatic carbocycles. The van der Waals surface area contributed by atoms with Crippen LogP contribution in [0.15, 0.2) is 47.2 Å². The van der Waals surface area contributed by atoms with Crippen LogP contribution in [0.4, 0.5) is 13.2 Å². The predicted molar refractivity (Wildman–Crippen MR) is 47.2 cm³/mol. The molecule has 0 atom stereocenters. The monoisotopic (exact) mass is 214 g/mol. The number of rotatable bonds is 2. The van der Waals surface area contributed by atoms with Gasteiger partial charge in [-0.1, -0.05) is 0 Å². The zero-order chi connectivity index (χ0) is 10.8. The van der Waals surface area contributed by atoms with Crippen LogP contribution < -0.4 is 4.74 Å². The molecule has 78 valence electrons. The van der Waals surface area contributed by atoms with Gasteiger partial charge in [0.2, 0.25) is 0 Å². The van der Waals surface area contributed by atoms with Gasteiger partial charge >= 0.3 is 12.1 Å². The summed E-state index contributed by atoms with van der Waals surface area (Å²) in [6.45, 7) is 0. The zero-order valence-corrected chi connectivity index (χ0v) is 7.34. The van der Waals surface area contributed by atoms with Crippen LogP contribution in [-0.4, -0.2) is 0 Å². The van der Waals surface area contributed by atoms with Gasteiger partial charge in [0.1, 0.15) is 5.75 Å². The van der Waals surface area contributed by atoms with Crippen LogP contribution in [0, 0.1) is 0 Å². The van der Waals surface area contributed by atoms with Gasteiger partial charge in [-0.05, 0) is 18.2 Å². The third-order valence-electron chi connectivity index (χ3n) is 1.80. The van der Waals surface area contributed by atoms with Crippen molar-refractivity contribution in [1.82, 2.24) is 0 Å². The van der Waals surface area contributed by atoms with Crippen LogP contribution in [-0.2, 0) is 0 Å². The van der Waals surface area contributed by atoms with E-state index < -0.39 is 12.1 Å². The molecule has 0 fully saturated rings.